The number of nitrogens with zero attached hydrogens (tertiary/aromatic N) is 3. The fourth-order valence-corrected chi connectivity index (χ4v) is 2.54. The van der Waals surface area contributed by atoms with E-state index in [1.807, 2.05) is 0 Å². The van der Waals surface area contributed by atoms with Crippen LogP contribution in [-0.2, 0) is 19.2 Å². The lowest BCUT2D eigenvalue weighted by atomic mass is 10.2. The van der Waals surface area contributed by atoms with Crippen LogP contribution in [0.4, 0.5) is 11.4 Å². The number of nitroso groups, excluding NO2 is 1. The van der Waals surface area contributed by atoms with E-state index in [4.69, 9.17) is 5.73 Å². The second-order valence-corrected chi connectivity index (χ2v) is 7.16. The maximum atomic E-state index is 11.7. The van der Waals surface area contributed by atoms with Crippen molar-refractivity contribution in [2.45, 2.75) is 13.8 Å². The topological polar surface area (TPSA) is 209 Å². The summed E-state index contributed by atoms with van der Waals surface area (Å²) in [4.78, 5) is 63.5. The van der Waals surface area contributed by atoms with Crippen LogP contribution in [0, 0.1) is 4.91 Å². The van der Waals surface area contributed by atoms with Crippen molar-refractivity contribution in [3.63, 3.8) is 0 Å². The minimum absolute atomic E-state index is 0.0209. The smallest absolute Gasteiger partial charge is 0.267 e. The molecule has 4 amide bonds. The Kier molecular flexibility index (Phi) is 10.3. The summed E-state index contributed by atoms with van der Waals surface area (Å²) in [6, 6.07) is 13.0. The lowest BCUT2D eigenvalue weighted by Gasteiger charge is -2.11. The Morgan fingerprint density at radius 1 is 0.722 bits per heavy atom. The predicted octanol–water partition coefficient (Wildman–Crippen LogP) is 0.174. The first-order chi connectivity index (χ1) is 17.2. The van der Waals surface area contributed by atoms with Crippen molar-refractivity contribution in [3.8, 4) is 0 Å². The molecule has 0 spiro atoms. The average Bonchev–Trinajstić information content (AvgIpc) is 2.85. The molecule has 0 aliphatic heterocycles. The monoisotopic (exact) mass is 495 g/mol. The second kappa shape index (κ2) is 13.7. The quantitative estimate of drug-likeness (QED) is 0.115. The molecule has 0 saturated carbocycles. The summed E-state index contributed by atoms with van der Waals surface area (Å²) in [5.41, 5.74) is 16.5. The highest BCUT2D eigenvalue weighted by Crippen LogP contribution is 2.12. The van der Waals surface area contributed by atoms with E-state index in [2.05, 4.69) is 42.2 Å². The van der Waals surface area contributed by atoms with Gasteiger partial charge in [0.2, 0.25) is 17.6 Å². The largest absolute Gasteiger partial charge is 0.383 e. The summed E-state index contributed by atoms with van der Waals surface area (Å²) >= 11 is 0. The summed E-state index contributed by atoms with van der Waals surface area (Å²) in [5, 5.41) is 7.41. The molecule has 0 radical (unpaired) electrons. The van der Waals surface area contributed by atoms with Crippen LogP contribution in [-0.4, -0.2) is 48.4 Å². The number of hydrogen-bond acceptors (Lipinski definition) is 8. The zero-order valence-electron chi connectivity index (χ0n) is 19.5. The minimum Gasteiger partial charge on any atom is -0.383 e. The fourth-order valence-electron chi connectivity index (χ4n) is 2.54. The molecule has 0 aromatic heterocycles. The van der Waals surface area contributed by atoms with Crippen LogP contribution in [0.2, 0.25) is 0 Å². The van der Waals surface area contributed by atoms with E-state index in [1.165, 1.54) is 13.8 Å². The molecule has 2 aromatic rings. The number of nitrogens with one attached hydrogen (secondary N) is 5. The van der Waals surface area contributed by atoms with Gasteiger partial charge >= 0.3 is 0 Å². The van der Waals surface area contributed by atoms with Crippen LogP contribution >= 0.6 is 0 Å². The van der Waals surface area contributed by atoms with Gasteiger partial charge in [0.15, 0.2) is 0 Å². The molecule has 2 aromatic carbocycles. The highest BCUT2D eigenvalue weighted by Gasteiger charge is 2.09. The van der Waals surface area contributed by atoms with Gasteiger partial charge in [-0.05, 0) is 53.7 Å². The number of amidine groups is 2. The molecule has 0 aliphatic carbocycles. The Bertz CT molecular complexity index is 1180. The number of hydrazine groups is 2. The molecule has 0 aliphatic rings. The summed E-state index contributed by atoms with van der Waals surface area (Å²) in [6.45, 7) is 1.99. The van der Waals surface area contributed by atoms with Crippen molar-refractivity contribution in [1.82, 2.24) is 16.2 Å². The maximum absolute atomic E-state index is 11.7. The molecule has 36 heavy (non-hydrogen) atoms. The van der Waals surface area contributed by atoms with Crippen molar-refractivity contribution in [3.05, 3.63) is 64.6 Å². The first kappa shape index (κ1) is 27.3. The van der Waals surface area contributed by atoms with Gasteiger partial charge in [0.1, 0.15) is 5.84 Å². The van der Waals surface area contributed by atoms with Gasteiger partial charge < -0.3 is 27.2 Å². The third kappa shape index (κ3) is 9.48. The summed E-state index contributed by atoms with van der Waals surface area (Å²) in [7, 11) is 0. The fraction of sp³-hybridized carbons (Fsp3) is 0.182. The first-order valence-electron chi connectivity index (χ1n) is 10.5. The number of hydrogen-bond donors (Lipinski definition) is 6. The van der Waals surface area contributed by atoms with Gasteiger partial charge in [0, 0.05) is 25.0 Å². The number of amides is 4. The number of benzene rings is 2. The van der Waals surface area contributed by atoms with Gasteiger partial charge in [-0.25, -0.2) is 0 Å². The molecular formula is C22H25N9O5. The Balaban J connectivity index is 1.88. The molecule has 0 bridgehead atoms. The molecule has 0 fully saturated rings. The molecule has 0 saturated heterocycles. The zero-order valence-corrected chi connectivity index (χ0v) is 19.5. The summed E-state index contributed by atoms with van der Waals surface area (Å²) in [5.74, 6) is -2.29. The van der Waals surface area contributed by atoms with Crippen LogP contribution in [0.3, 0.4) is 0 Å². The lowest BCUT2D eigenvalue weighted by molar-refractivity contribution is -0.123. The van der Waals surface area contributed by atoms with Crippen LogP contribution in [0.15, 0.2) is 63.7 Å². The molecule has 0 atom stereocenters. The molecule has 2 rings (SSSR count). The van der Waals surface area contributed by atoms with E-state index in [9.17, 15) is 24.1 Å². The van der Waals surface area contributed by atoms with Gasteiger partial charge in [-0.1, -0.05) is 0 Å². The highest BCUT2D eigenvalue weighted by molar-refractivity contribution is 6.06. The third-order valence-electron chi connectivity index (χ3n) is 4.28. The van der Waals surface area contributed by atoms with E-state index < -0.39 is 17.7 Å². The van der Waals surface area contributed by atoms with Crippen LogP contribution in [0.25, 0.3) is 0 Å². The minimum atomic E-state index is -0.705. The number of carbonyl (C=O) groups excluding carboxylic acids is 4. The summed E-state index contributed by atoms with van der Waals surface area (Å²) in [6.07, 6.45) is 0. The van der Waals surface area contributed by atoms with E-state index >= 15 is 0 Å². The van der Waals surface area contributed by atoms with Gasteiger partial charge in [0.05, 0.1) is 24.5 Å². The second-order valence-electron chi connectivity index (χ2n) is 7.16. The Hall–Kier alpha value is -4.98. The van der Waals surface area contributed by atoms with Gasteiger partial charge in [-0.15, -0.1) is 4.91 Å². The first-order valence-corrected chi connectivity index (χ1v) is 10.5. The highest BCUT2D eigenvalue weighted by atomic mass is 16.3. The van der Waals surface area contributed by atoms with Crippen LogP contribution in [0.1, 0.15) is 25.0 Å². The molecule has 188 valence electrons. The number of rotatable bonds is 10. The average molecular weight is 496 g/mol. The van der Waals surface area contributed by atoms with Gasteiger partial charge in [-0.3, -0.25) is 19.2 Å². The van der Waals surface area contributed by atoms with Gasteiger partial charge in [0.25, 0.3) is 11.8 Å². The molecule has 7 N–H and O–H groups in total. The molecular weight excluding hydrogens is 470 g/mol. The van der Waals surface area contributed by atoms with Crippen molar-refractivity contribution in [2.75, 3.05) is 23.9 Å². The number of aliphatic imine (C=N–C) groups is 2. The van der Waals surface area contributed by atoms with E-state index in [0.29, 0.717) is 22.5 Å². The maximum Gasteiger partial charge on any atom is 0.267 e. The third-order valence-corrected chi connectivity index (χ3v) is 4.28. The van der Waals surface area contributed by atoms with Crippen molar-refractivity contribution >= 4 is 46.7 Å². The number of carbonyl (C=O) groups is 4. The molecule has 0 heterocycles. The Morgan fingerprint density at radius 2 is 1.17 bits per heavy atom. The zero-order chi connectivity index (χ0) is 26.5. The summed E-state index contributed by atoms with van der Waals surface area (Å²) < 4.78 is 0. The van der Waals surface area contributed by atoms with Crippen molar-refractivity contribution < 1.29 is 19.2 Å². The Labute approximate surface area is 205 Å². The van der Waals surface area contributed by atoms with Crippen LogP contribution < -0.4 is 32.8 Å². The van der Waals surface area contributed by atoms with Crippen molar-refractivity contribution in [2.24, 2.45) is 20.9 Å². The normalized spacial score (nSPS) is 11.3. The van der Waals surface area contributed by atoms with E-state index in [0.717, 1.165) is 0 Å². The standard InChI is InChI=1S/C22H25N9O5/c1-13(32)24-11-19(34)26-21(23)15-3-7-17(8-4-15)28-31-29-18-9-5-16(6-10-18)22(30-36)27-20(35)12-25-14(2)33/h3-10,28-29,31H,11-12H2,1-2H3,(H,24,32)(H,25,33)(H2,23,26,34). The van der Waals surface area contributed by atoms with E-state index in [1.54, 1.807) is 48.5 Å². The van der Waals surface area contributed by atoms with Crippen molar-refractivity contribution in [1.29, 1.82) is 0 Å². The molecule has 14 nitrogen and oxygen atoms in total. The Morgan fingerprint density at radius 3 is 1.61 bits per heavy atom. The SMILES string of the molecule is CC(=O)NCC(=O)N=C(N)c1ccc(NNNc2ccc(C(N=O)=NC(=O)CNC(C)=O)cc2)cc1. The number of nitrogens with two attached hydrogens (primary N) is 1. The molecule has 14 heteroatoms. The molecule has 0 unspecified atom stereocenters. The van der Waals surface area contributed by atoms with Crippen LogP contribution in [0.5, 0.6) is 0 Å². The number of anilines is 2. The van der Waals surface area contributed by atoms with Gasteiger partial charge in [-0.2, -0.15) is 15.5 Å². The predicted molar refractivity (Wildman–Crippen MR) is 134 cm³/mol. The lowest BCUT2D eigenvalue weighted by Crippen LogP contribution is -2.28. The van der Waals surface area contributed by atoms with E-state index in [-0.39, 0.29) is 30.7 Å².